The Bertz CT molecular complexity index is 917. The standard InChI is InChI=1S/C17H13BN3O2S2/c1-3-7-11-12(8-4-2)24-15(20-11)16-21-14(18-25-16)17(22)23-13-9-5-6-10-19-13/h3-10,14H,1-2H2/b11-7+,12-8+. The highest BCUT2D eigenvalue weighted by atomic mass is 32.2. The summed E-state index contributed by atoms with van der Waals surface area (Å²) >= 11 is 2.86. The van der Waals surface area contributed by atoms with Crippen molar-refractivity contribution in [2.24, 2.45) is 4.99 Å². The zero-order chi connectivity index (χ0) is 17.6. The lowest BCUT2D eigenvalue weighted by molar-refractivity contribution is -0.134. The van der Waals surface area contributed by atoms with E-state index in [1.54, 1.807) is 43.1 Å². The van der Waals surface area contributed by atoms with Crippen LogP contribution in [0.15, 0.2) is 54.7 Å². The number of allylic oxidation sites excluding steroid dienone is 2. The van der Waals surface area contributed by atoms with Crippen LogP contribution in [0.5, 0.6) is 5.88 Å². The average molecular weight is 366 g/mol. The predicted octanol–water partition coefficient (Wildman–Crippen LogP) is 1.52. The van der Waals surface area contributed by atoms with Crippen LogP contribution in [0.2, 0.25) is 0 Å². The van der Waals surface area contributed by atoms with E-state index in [0.29, 0.717) is 5.04 Å². The maximum atomic E-state index is 12.2. The number of carbonyl (C=O) groups is 1. The van der Waals surface area contributed by atoms with E-state index >= 15 is 0 Å². The Kier molecular flexibility index (Phi) is 5.62. The summed E-state index contributed by atoms with van der Waals surface area (Å²) in [4.78, 5) is 25.1. The van der Waals surface area contributed by atoms with E-state index in [4.69, 9.17) is 4.74 Å². The molecule has 1 aliphatic heterocycles. The van der Waals surface area contributed by atoms with E-state index < -0.39 is 11.9 Å². The number of rotatable bonds is 5. The molecule has 0 spiro atoms. The van der Waals surface area contributed by atoms with E-state index in [1.165, 1.54) is 22.9 Å². The molecule has 8 heteroatoms. The molecule has 0 saturated carbocycles. The van der Waals surface area contributed by atoms with E-state index in [0.717, 1.165) is 14.9 Å². The minimum Gasteiger partial charge on any atom is -0.406 e. The Morgan fingerprint density at radius 3 is 2.84 bits per heavy atom. The smallest absolute Gasteiger partial charge is 0.329 e. The molecular formula is C17H13BN3O2S2. The van der Waals surface area contributed by atoms with Gasteiger partial charge in [0, 0.05) is 12.3 Å². The molecule has 0 fully saturated rings. The molecule has 0 aliphatic carbocycles. The third-order valence-electron chi connectivity index (χ3n) is 3.06. The van der Waals surface area contributed by atoms with Crippen molar-refractivity contribution in [3.63, 3.8) is 0 Å². The molecule has 0 saturated heterocycles. The minimum absolute atomic E-state index is 0.259. The second-order valence-corrected chi connectivity index (χ2v) is 6.72. The first-order valence-electron chi connectivity index (χ1n) is 7.34. The minimum atomic E-state index is -0.676. The average Bonchev–Trinajstić information content (AvgIpc) is 3.24. The molecule has 2 aromatic rings. The molecular weight excluding hydrogens is 353 g/mol. The zero-order valence-corrected chi connectivity index (χ0v) is 14.8. The predicted molar refractivity (Wildman–Crippen MR) is 104 cm³/mol. The van der Waals surface area contributed by atoms with Gasteiger partial charge in [0.1, 0.15) is 16.0 Å². The highest BCUT2D eigenvalue weighted by Crippen LogP contribution is 2.22. The van der Waals surface area contributed by atoms with Gasteiger partial charge in [0.05, 0.1) is 9.88 Å². The van der Waals surface area contributed by atoms with Crippen LogP contribution in [0.4, 0.5) is 0 Å². The van der Waals surface area contributed by atoms with Crippen LogP contribution in [0.25, 0.3) is 12.2 Å². The topological polar surface area (TPSA) is 64.4 Å². The number of thiazole rings is 1. The molecule has 25 heavy (non-hydrogen) atoms. The number of ether oxygens (including phenoxy) is 1. The van der Waals surface area contributed by atoms with Gasteiger partial charge in [-0.3, -0.25) is 9.79 Å². The fraction of sp³-hybridized carbons (Fsp3) is 0.0588. The van der Waals surface area contributed by atoms with Crippen LogP contribution >= 0.6 is 22.9 Å². The van der Waals surface area contributed by atoms with Crippen molar-refractivity contribution in [2.45, 2.75) is 5.94 Å². The molecule has 1 radical (unpaired) electrons. The quantitative estimate of drug-likeness (QED) is 0.593. The van der Waals surface area contributed by atoms with Crippen molar-refractivity contribution >= 4 is 52.7 Å². The van der Waals surface area contributed by atoms with Crippen LogP contribution < -0.4 is 14.6 Å². The van der Waals surface area contributed by atoms with Gasteiger partial charge in [-0.25, -0.2) is 9.97 Å². The number of esters is 1. The van der Waals surface area contributed by atoms with E-state index in [2.05, 4.69) is 28.1 Å². The van der Waals surface area contributed by atoms with Crippen molar-refractivity contribution < 1.29 is 9.53 Å². The first-order chi connectivity index (χ1) is 12.2. The third-order valence-corrected chi connectivity index (χ3v) is 5.15. The third kappa shape index (κ3) is 4.15. The van der Waals surface area contributed by atoms with Crippen LogP contribution in [-0.4, -0.2) is 33.5 Å². The first-order valence-corrected chi connectivity index (χ1v) is 9.04. The summed E-state index contributed by atoms with van der Waals surface area (Å²) in [5.74, 6) is -0.882. The summed E-state index contributed by atoms with van der Waals surface area (Å²) in [6.45, 7) is 9.15. The van der Waals surface area contributed by atoms with Crippen LogP contribution in [0.3, 0.4) is 0 Å². The van der Waals surface area contributed by atoms with Crippen molar-refractivity contribution in [1.82, 2.24) is 9.97 Å². The summed E-state index contributed by atoms with van der Waals surface area (Å²) in [6, 6.07) is 5.13. The van der Waals surface area contributed by atoms with Gasteiger partial charge >= 0.3 is 5.97 Å². The SMILES string of the molecule is C=C/C=c1/nc(C2=NC(C(=O)Oc3ccccn3)[B]S2)s/c1=C/C=C. The zero-order valence-electron chi connectivity index (χ0n) is 13.2. The highest BCUT2D eigenvalue weighted by molar-refractivity contribution is 8.35. The van der Waals surface area contributed by atoms with Gasteiger partial charge in [0.2, 0.25) is 12.4 Å². The maximum absolute atomic E-state index is 12.2. The number of pyridine rings is 1. The summed E-state index contributed by atoms with van der Waals surface area (Å²) in [5, 5.41) is 2.24. The van der Waals surface area contributed by atoms with Crippen molar-refractivity contribution in [3.05, 3.63) is 64.6 Å². The maximum Gasteiger partial charge on any atom is 0.329 e. The molecule has 0 bridgehead atoms. The number of carbonyl (C=O) groups excluding carboxylic acids is 1. The number of nitrogens with zero attached hydrogens (tertiary/aromatic N) is 3. The lowest BCUT2D eigenvalue weighted by Crippen LogP contribution is -2.26. The fourth-order valence-electron chi connectivity index (χ4n) is 1.99. The Morgan fingerprint density at radius 1 is 1.28 bits per heavy atom. The molecule has 2 aromatic heterocycles. The molecule has 123 valence electrons. The Morgan fingerprint density at radius 2 is 2.12 bits per heavy atom. The normalized spacial score (nSPS) is 17.8. The second-order valence-electron chi connectivity index (χ2n) is 4.80. The second kappa shape index (κ2) is 8.09. The van der Waals surface area contributed by atoms with Gasteiger partial charge in [-0.15, -0.1) is 11.3 Å². The first kappa shape index (κ1) is 17.4. The summed E-state index contributed by atoms with van der Waals surface area (Å²) in [5.41, 5.74) is 0. The molecule has 1 unspecified atom stereocenters. The van der Waals surface area contributed by atoms with E-state index in [9.17, 15) is 4.79 Å². The number of hydrogen-bond donors (Lipinski definition) is 0. The van der Waals surface area contributed by atoms with Gasteiger partial charge in [0.15, 0.2) is 0 Å². The number of aromatic nitrogens is 2. The number of hydrogen-bond acceptors (Lipinski definition) is 7. The molecule has 3 heterocycles. The van der Waals surface area contributed by atoms with Gasteiger partial charge in [-0.1, -0.05) is 31.4 Å². The summed E-state index contributed by atoms with van der Waals surface area (Å²) < 4.78 is 6.20. The lowest BCUT2D eigenvalue weighted by Gasteiger charge is -2.04. The molecule has 3 rings (SSSR count). The van der Waals surface area contributed by atoms with E-state index in [-0.39, 0.29) is 5.88 Å². The molecule has 0 aromatic carbocycles. The van der Waals surface area contributed by atoms with Crippen LogP contribution in [-0.2, 0) is 4.79 Å². The monoisotopic (exact) mass is 366 g/mol. The molecule has 1 aliphatic rings. The highest BCUT2D eigenvalue weighted by Gasteiger charge is 2.30. The Balaban J connectivity index is 1.82. The molecule has 5 nitrogen and oxygen atoms in total. The largest absolute Gasteiger partial charge is 0.406 e. The number of aliphatic imine (C=N–C) groups is 1. The summed E-state index contributed by atoms with van der Waals surface area (Å²) in [6.07, 6.45) is 8.66. The fourth-order valence-corrected chi connectivity index (χ4v) is 3.89. The van der Waals surface area contributed by atoms with Crippen LogP contribution in [0, 0.1) is 0 Å². The van der Waals surface area contributed by atoms with Crippen LogP contribution in [0.1, 0.15) is 5.01 Å². The van der Waals surface area contributed by atoms with Crippen molar-refractivity contribution in [1.29, 1.82) is 0 Å². The Hall–Kier alpha value is -2.45. The van der Waals surface area contributed by atoms with Gasteiger partial charge in [0.25, 0.3) is 0 Å². The van der Waals surface area contributed by atoms with Gasteiger partial charge < -0.3 is 4.74 Å². The van der Waals surface area contributed by atoms with Gasteiger partial charge in [-0.05, 0) is 18.2 Å². The Labute approximate surface area is 153 Å². The summed E-state index contributed by atoms with van der Waals surface area (Å²) in [7, 11) is 0. The molecule has 1 atom stereocenters. The molecule has 0 amide bonds. The molecule has 0 N–H and O–H groups in total. The van der Waals surface area contributed by atoms with E-state index in [1.807, 2.05) is 12.2 Å². The van der Waals surface area contributed by atoms with Gasteiger partial charge in [-0.2, -0.15) is 11.6 Å². The van der Waals surface area contributed by atoms with Crippen molar-refractivity contribution in [3.8, 4) is 5.88 Å². The lowest BCUT2D eigenvalue weighted by atomic mass is 9.96. The van der Waals surface area contributed by atoms with Crippen molar-refractivity contribution in [2.75, 3.05) is 0 Å².